The van der Waals surface area contributed by atoms with E-state index in [9.17, 15) is 18.0 Å². The van der Waals surface area contributed by atoms with Crippen molar-refractivity contribution in [1.29, 1.82) is 0 Å². The molecule has 0 saturated carbocycles. The second-order valence-electron chi connectivity index (χ2n) is 8.58. The smallest absolute Gasteiger partial charge is 0.264 e. The number of sulfonamides is 1. The summed E-state index contributed by atoms with van der Waals surface area (Å²) in [6.07, 6.45) is 0. The van der Waals surface area contributed by atoms with E-state index in [1.165, 1.54) is 18.2 Å². The lowest BCUT2D eigenvalue weighted by Gasteiger charge is -2.24. The normalized spacial score (nSPS) is 11.5. The maximum atomic E-state index is 13.4. The molecule has 4 rings (SSSR count). The maximum Gasteiger partial charge on any atom is 0.264 e. The summed E-state index contributed by atoms with van der Waals surface area (Å²) in [6.45, 7) is 1.14. The van der Waals surface area contributed by atoms with E-state index in [1.807, 2.05) is 0 Å². The predicted octanol–water partition coefficient (Wildman–Crippen LogP) is 5.98. The van der Waals surface area contributed by atoms with Crippen LogP contribution in [0.2, 0.25) is 10.0 Å². The van der Waals surface area contributed by atoms with Gasteiger partial charge in [-0.1, -0.05) is 65.7 Å². The molecule has 2 N–H and O–H groups in total. The van der Waals surface area contributed by atoms with Gasteiger partial charge in [-0.15, -0.1) is 0 Å². The highest BCUT2D eigenvalue weighted by molar-refractivity contribution is 7.92. The Morgan fingerprint density at radius 1 is 0.800 bits per heavy atom. The molecule has 0 fully saturated rings. The number of rotatable bonds is 9. The van der Waals surface area contributed by atoms with E-state index in [-0.39, 0.29) is 16.5 Å². The number of hydrogen-bond donors (Lipinski definition) is 2. The van der Waals surface area contributed by atoms with Gasteiger partial charge in [0.05, 0.1) is 16.3 Å². The third kappa shape index (κ3) is 7.26. The van der Waals surface area contributed by atoms with Gasteiger partial charge in [-0.05, 0) is 73.2 Å². The molecule has 0 unspecified atom stereocenters. The van der Waals surface area contributed by atoms with Crippen molar-refractivity contribution in [3.05, 3.63) is 124 Å². The fourth-order valence-electron chi connectivity index (χ4n) is 3.70. The van der Waals surface area contributed by atoms with Gasteiger partial charge in [-0.25, -0.2) is 13.8 Å². The predicted molar refractivity (Wildman–Crippen MR) is 159 cm³/mol. The van der Waals surface area contributed by atoms with E-state index in [0.29, 0.717) is 32.6 Å². The van der Waals surface area contributed by atoms with Crippen molar-refractivity contribution >= 4 is 62.1 Å². The van der Waals surface area contributed by atoms with Crippen molar-refractivity contribution in [3.8, 4) is 0 Å². The molecule has 0 atom stereocenters. The maximum absolute atomic E-state index is 13.4. The van der Waals surface area contributed by atoms with Crippen LogP contribution in [0.4, 0.5) is 11.4 Å². The zero-order chi connectivity index (χ0) is 28.7. The first kappa shape index (κ1) is 28.8. The van der Waals surface area contributed by atoms with Crippen LogP contribution in [0.3, 0.4) is 0 Å². The number of nitrogens with zero attached hydrogens (tertiary/aromatic N) is 2. The Bertz CT molecular complexity index is 1680. The first-order valence-corrected chi connectivity index (χ1v) is 14.2. The van der Waals surface area contributed by atoms with Gasteiger partial charge in [0.25, 0.3) is 21.8 Å². The number of hydrazone groups is 1. The number of nitrogens with one attached hydrogen (secondary N) is 2. The molecule has 2 amide bonds. The second kappa shape index (κ2) is 12.8. The number of carbonyl (C=O) groups is 2. The molecule has 0 saturated heterocycles. The van der Waals surface area contributed by atoms with Crippen LogP contribution in [-0.2, 0) is 14.8 Å². The van der Waals surface area contributed by atoms with Crippen LogP contribution in [0.15, 0.2) is 113 Å². The van der Waals surface area contributed by atoms with Crippen molar-refractivity contribution in [1.82, 2.24) is 5.43 Å². The molecule has 8 nitrogen and oxygen atoms in total. The molecule has 0 aliphatic rings. The zero-order valence-corrected chi connectivity index (χ0v) is 23.5. The van der Waals surface area contributed by atoms with Crippen LogP contribution in [0.25, 0.3) is 0 Å². The Labute approximate surface area is 242 Å². The highest BCUT2D eigenvalue weighted by atomic mass is 35.5. The highest BCUT2D eigenvalue weighted by Gasteiger charge is 2.27. The van der Waals surface area contributed by atoms with Crippen molar-refractivity contribution in [2.45, 2.75) is 11.8 Å². The molecular weight excluding hydrogens is 571 g/mol. The Kier molecular flexibility index (Phi) is 9.21. The standard InChI is InChI=1S/C29H24Cl2N4O4S/c1-20(21-8-6-12-25(17-21)32-29(37)22-9-5-10-23(30)16-22)33-34-28(36)19-35(26-13-7-11-24(31)18-26)40(38,39)27-14-3-2-4-15-27/h2-18H,19H2,1H3,(H,32,37)(H,34,36)/b33-20+. The van der Waals surface area contributed by atoms with Gasteiger partial charge in [0.15, 0.2) is 0 Å². The van der Waals surface area contributed by atoms with Gasteiger partial charge < -0.3 is 5.32 Å². The van der Waals surface area contributed by atoms with E-state index >= 15 is 0 Å². The van der Waals surface area contributed by atoms with E-state index in [0.717, 1.165) is 4.31 Å². The Morgan fingerprint density at radius 3 is 2.15 bits per heavy atom. The molecule has 0 radical (unpaired) electrons. The van der Waals surface area contributed by atoms with Gasteiger partial charge in [-0.2, -0.15) is 5.10 Å². The molecule has 40 heavy (non-hydrogen) atoms. The number of halogens is 2. The van der Waals surface area contributed by atoms with Gasteiger partial charge in [0.2, 0.25) is 0 Å². The lowest BCUT2D eigenvalue weighted by molar-refractivity contribution is -0.119. The number of anilines is 2. The highest BCUT2D eigenvalue weighted by Crippen LogP contribution is 2.26. The largest absolute Gasteiger partial charge is 0.322 e. The molecule has 0 aromatic heterocycles. The zero-order valence-electron chi connectivity index (χ0n) is 21.2. The van der Waals surface area contributed by atoms with Crippen LogP contribution in [0.1, 0.15) is 22.8 Å². The van der Waals surface area contributed by atoms with Crippen LogP contribution in [0.5, 0.6) is 0 Å². The average molecular weight is 596 g/mol. The third-order valence-electron chi connectivity index (χ3n) is 5.69. The Morgan fingerprint density at radius 2 is 1.45 bits per heavy atom. The Hall–Kier alpha value is -4.18. The van der Waals surface area contributed by atoms with Crippen molar-refractivity contribution in [2.75, 3.05) is 16.2 Å². The van der Waals surface area contributed by atoms with Crippen molar-refractivity contribution in [2.24, 2.45) is 5.10 Å². The number of carbonyl (C=O) groups excluding carboxylic acids is 2. The summed E-state index contributed by atoms with van der Waals surface area (Å²) < 4.78 is 27.8. The first-order valence-electron chi connectivity index (χ1n) is 12.0. The summed E-state index contributed by atoms with van der Waals surface area (Å²) in [4.78, 5) is 25.5. The summed E-state index contributed by atoms with van der Waals surface area (Å²) in [5, 5.41) is 7.72. The molecule has 11 heteroatoms. The Balaban J connectivity index is 1.50. The van der Waals surface area contributed by atoms with Crippen LogP contribution >= 0.6 is 23.2 Å². The summed E-state index contributed by atoms with van der Waals surface area (Å²) in [5.41, 5.74) is 4.65. The minimum absolute atomic E-state index is 0.0269. The van der Waals surface area contributed by atoms with E-state index in [4.69, 9.17) is 23.2 Å². The SMILES string of the molecule is C/C(=N\NC(=O)CN(c1cccc(Cl)c1)S(=O)(=O)c1ccccc1)c1cccc(NC(=O)c2cccc(Cl)c2)c1. The molecule has 204 valence electrons. The topological polar surface area (TPSA) is 108 Å². The van der Waals surface area contributed by atoms with E-state index in [1.54, 1.807) is 91.9 Å². The minimum Gasteiger partial charge on any atom is -0.322 e. The molecule has 0 heterocycles. The lowest BCUT2D eigenvalue weighted by Crippen LogP contribution is -2.39. The lowest BCUT2D eigenvalue weighted by atomic mass is 10.1. The first-order chi connectivity index (χ1) is 19.1. The number of amides is 2. The molecule has 0 spiro atoms. The van der Waals surface area contributed by atoms with Crippen molar-refractivity contribution in [3.63, 3.8) is 0 Å². The second-order valence-corrected chi connectivity index (χ2v) is 11.3. The molecule has 0 aliphatic carbocycles. The van der Waals surface area contributed by atoms with Gasteiger partial charge in [0, 0.05) is 21.3 Å². The summed E-state index contributed by atoms with van der Waals surface area (Å²) in [5.74, 6) is -0.993. The summed E-state index contributed by atoms with van der Waals surface area (Å²) in [7, 11) is -4.08. The van der Waals surface area contributed by atoms with E-state index < -0.39 is 22.5 Å². The molecular formula is C29H24Cl2N4O4S. The van der Waals surface area contributed by atoms with Gasteiger partial charge in [-0.3, -0.25) is 13.9 Å². The monoisotopic (exact) mass is 594 g/mol. The molecule has 0 bridgehead atoms. The van der Waals surface area contributed by atoms with Crippen molar-refractivity contribution < 1.29 is 18.0 Å². The number of hydrogen-bond acceptors (Lipinski definition) is 5. The fourth-order valence-corrected chi connectivity index (χ4v) is 5.51. The van der Waals surface area contributed by atoms with Gasteiger partial charge >= 0.3 is 0 Å². The minimum atomic E-state index is -4.08. The quantitative estimate of drug-likeness (QED) is 0.183. The summed E-state index contributed by atoms with van der Waals surface area (Å²) in [6, 6.07) is 27.5. The van der Waals surface area contributed by atoms with Crippen LogP contribution < -0.4 is 15.0 Å². The molecule has 4 aromatic carbocycles. The van der Waals surface area contributed by atoms with E-state index in [2.05, 4.69) is 15.8 Å². The molecule has 0 aliphatic heterocycles. The third-order valence-corrected chi connectivity index (χ3v) is 7.95. The molecule has 4 aromatic rings. The van der Waals surface area contributed by atoms with Crippen LogP contribution in [-0.4, -0.2) is 32.5 Å². The number of benzene rings is 4. The van der Waals surface area contributed by atoms with Crippen LogP contribution in [0, 0.1) is 0 Å². The average Bonchev–Trinajstić information content (AvgIpc) is 2.95. The summed E-state index contributed by atoms with van der Waals surface area (Å²) >= 11 is 12.1. The fraction of sp³-hybridized carbons (Fsp3) is 0.0690. The van der Waals surface area contributed by atoms with Gasteiger partial charge in [0.1, 0.15) is 6.54 Å².